The van der Waals surface area contributed by atoms with E-state index in [1.807, 2.05) is 152 Å². The third-order valence-corrected chi connectivity index (χ3v) is 8.43. The van der Waals surface area contributed by atoms with Crippen molar-refractivity contribution in [3.63, 3.8) is 0 Å². The van der Waals surface area contributed by atoms with Crippen LogP contribution in [0.5, 0.6) is 0 Å². The molecular formula is C31H25OPPbS2-. The third kappa shape index (κ3) is 12.0. The summed E-state index contributed by atoms with van der Waals surface area (Å²) in [6.07, 6.45) is 0. The van der Waals surface area contributed by atoms with Crippen LogP contribution in [0.2, 0.25) is 0 Å². The predicted octanol–water partition coefficient (Wildman–Crippen LogP) is 6.91. The quantitative estimate of drug-likeness (QED) is 0.0876. The molecule has 0 saturated carbocycles. The van der Waals surface area contributed by atoms with Crippen molar-refractivity contribution in [2.24, 2.45) is 0 Å². The standard InChI is InChI=1S/C13H11OPS2.3C6H5.Pb/c14-15(13(16)17,11-7-3-1-4-8-11)12-9-5-2-6-10-12;3*1-2-4-6-5-3-1;/h1-10H,(H,16,17);3*1-5H;/p-1. The van der Waals surface area contributed by atoms with Gasteiger partial charge in [-0.25, -0.2) is 0 Å². The number of hydrogen-bond acceptors (Lipinski definition) is 3. The van der Waals surface area contributed by atoms with Crippen molar-refractivity contribution in [1.29, 1.82) is 0 Å². The van der Waals surface area contributed by atoms with E-state index in [4.69, 9.17) is 24.8 Å². The number of benzene rings is 5. The second kappa shape index (κ2) is 19.7. The van der Waals surface area contributed by atoms with Gasteiger partial charge in [-0.1, -0.05) is 156 Å². The molecule has 5 heteroatoms. The summed E-state index contributed by atoms with van der Waals surface area (Å²) < 4.78 is 13.2. The van der Waals surface area contributed by atoms with Crippen LogP contribution in [0, 0.1) is 18.2 Å². The Bertz CT molecular complexity index is 1030. The molecule has 0 fully saturated rings. The predicted molar refractivity (Wildman–Crippen MR) is 161 cm³/mol. The van der Waals surface area contributed by atoms with Crippen molar-refractivity contribution in [2.45, 2.75) is 0 Å². The van der Waals surface area contributed by atoms with E-state index in [0.717, 1.165) is 0 Å². The minimum Gasteiger partial charge on any atom is -0.425 e. The van der Waals surface area contributed by atoms with Crippen LogP contribution in [0.25, 0.3) is 0 Å². The average molecular weight is 716 g/mol. The molecular weight excluding hydrogens is 691 g/mol. The molecule has 177 valence electrons. The first-order chi connectivity index (χ1) is 17.2. The fourth-order valence-corrected chi connectivity index (χ4v) is 5.83. The minimum atomic E-state index is -2.95. The van der Waals surface area contributed by atoms with E-state index >= 15 is 0 Å². The van der Waals surface area contributed by atoms with E-state index in [0.29, 0.717) is 10.6 Å². The molecule has 5 aromatic rings. The maximum Gasteiger partial charge on any atom is 0.152 e. The molecule has 0 amide bonds. The maximum absolute atomic E-state index is 13.1. The van der Waals surface area contributed by atoms with E-state index in [1.54, 1.807) is 0 Å². The fourth-order valence-electron chi connectivity index (χ4n) is 2.66. The van der Waals surface area contributed by atoms with Gasteiger partial charge in [0.05, 0.1) is 0 Å². The molecule has 0 atom stereocenters. The van der Waals surface area contributed by atoms with Gasteiger partial charge < -0.3 is 29.4 Å². The van der Waals surface area contributed by atoms with E-state index < -0.39 is 7.14 Å². The summed E-state index contributed by atoms with van der Waals surface area (Å²) >= 11 is 10.1. The van der Waals surface area contributed by atoms with Gasteiger partial charge >= 0.3 is 0 Å². The second-order valence-corrected chi connectivity index (χ2v) is 11.2. The van der Waals surface area contributed by atoms with Gasteiger partial charge in [-0.15, -0.1) is 0 Å². The summed E-state index contributed by atoms with van der Waals surface area (Å²) in [6, 6.07) is 55.9. The molecule has 7 radical (unpaired) electrons. The van der Waals surface area contributed by atoms with Crippen LogP contribution in [0.1, 0.15) is 0 Å². The SMILES string of the molecule is O=P(C(=S)[S-])(c1ccccc1)c1ccccc1.[Pb].[c]1ccccc1.[c]1ccccc1.[c]1ccccc1. The summed E-state index contributed by atoms with van der Waals surface area (Å²) in [5, 5.41) is 1.40. The van der Waals surface area contributed by atoms with Crippen molar-refractivity contribution < 1.29 is 4.57 Å². The first-order valence-electron chi connectivity index (χ1n) is 10.8. The van der Waals surface area contributed by atoms with Crippen molar-refractivity contribution in [3.05, 3.63) is 170 Å². The van der Waals surface area contributed by atoms with Crippen LogP contribution >= 0.6 is 19.4 Å². The van der Waals surface area contributed by atoms with Crippen molar-refractivity contribution in [2.75, 3.05) is 0 Å². The maximum atomic E-state index is 13.1. The van der Waals surface area contributed by atoms with Crippen LogP contribution in [-0.2, 0) is 17.2 Å². The van der Waals surface area contributed by atoms with Crippen LogP contribution in [0.3, 0.4) is 0 Å². The van der Waals surface area contributed by atoms with Crippen LogP contribution in [0.15, 0.2) is 152 Å². The summed E-state index contributed by atoms with van der Waals surface area (Å²) in [6.45, 7) is 0. The molecule has 0 spiro atoms. The fraction of sp³-hybridized carbons (Fsp3) is 0. The Hall–Kier alpha value is -2.44. The van der Waals surface area contributed by atoms with Gasteiger partial charge in [-0.3, -0.25) is 0 Å². The van der Waals surface area contributed by atoms with Crippen molar-refractivity contribution in [1.82, 2.24) is 0 Å². The molecule has 0 aliphatic rings. The van der Waals surface area contributed by atoms with Gasteiger partial charge in [0.15, 0.2) is 7.14 Å². The Morgan fingerprint density at radius 3 is 0.944 bits per heavy atom. The van der Waals surface area contributed by atoms with Crippen molar-refractivity contribution in [3.8, 4) is 0 Å². The third-order valence-electron chi connectivity index (χ3n) is 4.32. The summed E-state index contributed by atoms with van der Waals surface area (Å²) in [5.74, 6) is 0. The van der Waals surface area contributed by atoms with E-state index in [-0.39, 0.29) is 31.2 Å². The molecule has 0 unspecified atom stereocenters. The summed E-state index contributed by atoms with van der Waals surface area (Å²) in [7, 11) is -2.95. The Kier molecular flexibility index (Phi) is 17.3. The molecule has 0 aliphatic heterocycles. The molecule has 0 aliphatic carbocycles. The zero-order valence-electron chi connectivity index (χ0n) is 19.6. The van der Waals surface area contributed by atoms with E-state index in [1.165, 1.54) is 0 Å². The summed E-state index contributed by atoms with van der Waals surface area (Å²) in [4.78, 5) is 0. The Labute approximate surface area is 246 Å². The molecule has 5 aromatic carbocycles. The number of thiocarbonyl (C=S) groups is 1. The van der Waals surface area contributed by atoms with Gasteiger partial charge in [0, 0.05) is 37.9 Å². The smallest absolute Gasteiger partial charge is 0.152 e. The Morgan fingerprint density at radius 2 is 0.778 bits per heavy atom. The zero-order valence-corrected chi connectivity index (χ0v) is 26.0. The topological polar surface area (TPSA) is 17.1 Å². The van der Waals surface area contributed by atoms with Crippen molar-refractivity contribution >= 4 is 73.8 Å². The molecule has 1 nitrogen and oxygen atoms in total. The van der Waals surface area contributed by atoms with Gasteiger partial charge in [0.25, 0.3) is 0 Å². The largest absolute Gasteiger partial charge is 0.425 e. The molecule has 0 bridgehead atoms. The summed E-state index contributed by atoms with van der Waals surface area (Å²) in [5.41, 5.74) is 0. The normalized spacial score (nSPS) is 9.22. The van der Waals surface area contributed by atoms with Gasteiger partial charge in [0.1, 0.15) is 0 Å². The zero-order chi connectivity index (χ0) is 25.0. The monoisotopic (exact) mass is 716 g/mol. The van der Waals surface area contributed by atoms with Gasteiger partial charge in [0.2, 0.25) is 0 Å². The first kappa shape index (κ1) is 31.6. The molecule has 5 rings (SSSR count). The molecule has 0 heterocycles. The second-order valence-electron chi connectivity index (χ2n) is 6.78. The van der Waals surface area contributed by atoms with Gasteiger partial charge in [-0.2, -0.15) is 0 Å². The molecule has 0 N–H and O–H groups in total. The van der Waals surface area contributed by atoms with E-state index in [2.05, 4.69) is 18.2 Å². The van der Waals surface area contributed by atoms with Crippen LogP contribution in [-0.4, -0.2) is 31.2 Å². The van der Waals surface area contributed by atoms with Crippen LogP contribution < -0.4 is 10.6 Å². The molecule has 36 heavy (non-hydrogen) atoms. The minimum absolute atomic E-state index is 0. The Morgan fingerprint density at radius 1 is 0.528 bits per heavy atom. The molecule has 0 aromatic heterocycles. The van der Waals surface area contributed by atoms with E-state index in [9.17, 15) is 4.57 Å². The number of hydrogen-bond donors (Lipinski definition) is 0. The first-order valence-corrected chi connectivity index (χ1v) is 13.3. The Balaban J connectivity index is 0.000000279. The molecule has 0 saturated heterocycles. The number of rotatable bonds is 3. The van der Waals surface area contributed by atoms with Gasteiger partial charge in [-0.05, 0) is 18.2 Å². The average Bonchev–Trinajstić information content (AvgIpc) is 2.97. The van der Waals surface area contributed by atoms with Crippen LogP contribution in [0.4, 0.5) is 0 Å².